The highest BCUT2D eigenvalue weighted by atomic mass is 32.2. The molecule has 4 nitrogen and oxygen atoms in total. The average Bonchev–Trinajstić information content (AvgIpc) is 2.36. The second-order valence-corrected chi connectivity index (χ2v) is 5.98. The Labute approximate surface area is 105 Å². The number of rotatable bonds is 2. The third kappa shape index (κ3) is 1.86. The molecule has 92 valence electrons. The van der Waals surface area contributed by atoms with E-state index in [4.69, 9.17) is 4.74 Å². The van der Waals surface area contributed by atoms with Crippen LogP contribution in [0.5, 0.6) is 5.75 Å². The monoisotopic (exact) mass is 261 g/mol. The number of sulfone groups is 1. The summed E-state index contributed by atoms with van der Waals surface area (Å²) < 4.78 is 29.0. The van der Waals surface area contributed by atoms with Gasteiger partial charge in [-0.15, -0.1) is 0 Å². The Kier molecular flexibility index (Phi) is 2.56. The third-order valence-electron chi connectivity index (χ3n) is 2.86. The first-order chi connectivity index (χ1) is 8.67. The first-order valence-electron chi connectivity index (χ1n) is 5.54. The second-order valence-electron chi connectivity index (χ2n) is 4.13. The average molecular weight is 261 g/mol. The summed E-state index contributed by atoms with van der Waals surface area (Å²) in [7, 11) is -3.41. The zero-order chi connectivity index (χ0) is 12.6. The molecule has 1 aliphatic rings. The van der Waals surface area contributed by atoms with Crippen LogP contribution in [-0.2, 0) is 16.3 Å². The SMILES string of the molecule is O=S1(=O)COc2ccnc1c2Cc1ccccc1. The fourth-order valence-corrected chi connectivity index (χ4v) is 3.18. The normalized spacial score (nSPS) is 16.0. The zero-order valence-electron chi connectivity index (χ0n) is 9.54. The summed E-state index contributed by atoms with van der Waals surface area (Å²) in [5, 5.41) is 0.148. The number of aromatic nitrogens is 1. The summed E-state index contributed by atoms with van der Waals surface area (Å²) in [6.45, 7) is 0. The summed E-state index contributed by atoms with van der Waals surface area (Å²) in [5.74, 6) is 0.294. The van der Waals surface area contributed by atoms with Crippen LogP contribution in [0.1, 0.15) is 11.1 Å². The lowest BCUT2D eigenvalue weighted by Gasteiger charge is -2.19. The van der Waals surface area contributed by atoms with E-state index in [1.165, 1.54) is 6.20 Å². The number of pyridine rings is 1. The van der Waals surface area contributed by atoms with Gasteiger partial charge in [-0.05, 0) is 11.6 Å². The maximum atomic E-state index is 11.9. The van der Waals surface area contributed by atoms with Gasteiger partial charge < -0.3 is 4.74 Å². The highest BCUT2D eigenvalue weighted by Gasteiger charge is 2.29. The molecule has 0 spiro atoms. The maximum Gasteiger partial charge on any atom is 0.230 e. The van der Waals surface area contributed by atoms with Gasteiger partial charge in [0.2, 0.25) is 9.84 Å². The van der Waals surface area contributed by atoms with Gasteiger partial charge in [0.15, 0.2) is 11.0 Å². The largest absolute Gasteiger partial charge is 0.477 e. The Morgan fingerprint density at radius 1 is 1.17 bits per heavy atom. The Bertz CT molecular complexity index is 681. The molecule has 3 rings (SSSR count). The Morgan fingerprint density at radius 3 is 2.72 bits per heavy atom. The van der Waals surface area contributed by atoms with Crippen LogP contribution in [0.3, 0.4) is 0 Å². The zero-order valence-corrected chi connectivity index (χ0v) is 10.4. The summed E-state index contributed by atoms with van der Waals surface area (Å²) in [5.41, 5.74) is 1.68. The van der Waals surface area contributed by atoms with Crippen LogP contribution in [-0.4, -0.2) is 19.3 Å². The standard InChI is InChI=1S/C13H11NO3S/c15-18(16)9-17-12-6-7-14-13(18)11(12)8-10-4-2-1-3-5-10/h1-7H,8-9H2. The van der Waals surface area contributed by atoms with Crippen molar-refractivity contribution in [3.63, 3.8) is 0 Å². The van der Waals surface area contributed by atoms with Gasteiger partial charge in [0.25, 0.3) is 0 Å². The molecule has 0 radical (unpaired) electrons. The van der Waals surface area contributed by atoms with E-state index in [0.29, 0.717) is 17.7 Å². The maximum absolute atomic E-state index is 11.9. The smallest absolute Gasteiger partial charge is 0.230 e. The lowest BCUT2D eigenvalue weighted by atomic mass is 10.1. The minimum absolute atomic E-state index is 0.148. The molecule has 0 atom stereocenters. The van der Waals surface area contributed by atoms with Gasteiger partial charge >= 0.3 is 0 Å². The van der Waals surface area contributed by atoms with Crippen LogP contribution < -0.4 is 4.74 Å². The van der Waals surface area contributed by atoms with Crippen LogP contribution in [0.25, 0.3) is 0 Å². The van der Waals surface area contributed by atoms with E-state index >= 15 is 0 Å². The summed E-state index contributed by atoms with van der Waals surface area (Å²) in [4.78, 5) is 3.99. The highest BCUT2D eigenvalue weighted by Crippen LogP contribution is 2.31. The van der Waals surface area contributed by atoms with E-state index in [2.05, 4.69) is 4.98 Å². The van der Waals surface area contributed by atoms with Crippen molar-refractivity contribution in [1.82, 2.24) is 4.98 Å². The molecule has 0 fully saturated rings. The fraction of sp³-hybridized carbons (Fsp3) is 0.154. The van der Waals surface area contributed by atoms with Crippen molar-refractivity contribution >= 4 is 9.84 Å². The molecular formula is C13H11NO3S. The summed E-state index contributed by atoms with van der Waals surface area (Å²) >= 11 is 0. The quantitative estimate of drug-likeness (QED) is 0.827. The Hall–Kier alpha value is -1.88. The van der Waals surface area contributed by atoms with Crippen LogP contribution in [0, 0.1) is 0 Å². The molecule has 1 aliphatic heterocycles. The molecule has 2 aromatic rings. The van der Waals surface area contributed by atoms with E-state index in [0.717, 1.165) is 5.56 Å². The van der Waals surface area contributed by atoms with Crippen LogP contribution in [0.2, 0.25) is 0 Å². The van der Waals surface area contributed by atoms with Crippen molar-refractivity contribution < 1.29 is 13.2 Å². The van der Waals surface area contributed by atoms with Gasteiger partial charge in [0.05, 0.1) is 0 Å². The van der Waals surface area contributed by atoms with Crippen molar-refractivity contribution in [2.45, 2.75) is 11.4 Å². The molecule has 0 aliphatic carbocycles. The first kappa shape index (κ1) is 11.2. The number of benzene rings is 1. The molecular weight excluding hydrogens is 250 g/mol. The Morgan fingerprint density at radius 2 is 1.94 bits per heavy atom. The minimum Gasteiger partial charge on any atom is -0.477 e. The number of nitrogens with zero attached hydrogens (tertiary/aromatic N) is 1. The van der Waals surface area contributed by atoms with E-state index in [-0.39, 0.29) is 11.0 Å². The van der Waals surface area contributed by atoms with Crippen molar-refractivity contribution in [1.29, 1.82) is 0 Å². The first-order valence-corrected chi connectivity index (χ1v) is 7.19. The molecule has 1 aromatic heterocycles. The molecule has 0 amide bonds. The van der Waals surface area contributed by atoms with Gasteiger partial charge in [-0.2, -0.15) is 0 Å². The van der Waals surface area contributed by atoms with Gasteiger partial charge in [0.1, 0.15) is 5.75 Å². The Balaban J connectivity index is 2.10. The van der Waals surface area contributed by atoms with Gasteiger partial charge in [0, 0.05) is 18.2 Å². The van der Waals surface area contributed by atoms with Crippen LogP contribution >= 0.6 is 0 Å². The lowest BCUT2D eigenvalue weighted by Crippen LogP contribution is -2.22. The van der Waals surface area contributed by atoms with E-state index in [9.17, 15) is 8.42 Å². The minimum atomic E-state index is -3.41. The van der Waals surface area contributed by atoms with E-state index < -0.39 is 9.84 Å². The predicted octanol–water partition coefficient (Wildman–Crippen LogP) is 1.80. The topological polar surface area (TPSA) is 56.3 Å². The van der Waals surface area contributed by atoms with Crippen LogP contribution in [0.15, 0.2) is 47.6 Å². The molecule has 0 saturated carbocycles. The lowest BCUT2D eigenvalue weighted by molar-refractivity contribution is 0.360. The van der Waals surface area contributed by atoms with Gasteiger partial charge in [-0.1, -0.05) is 30.3 Å². The highest BCUT2D eigenvalue weighted by molar-refractivity contribution is 7.91. The second kappa shape index (κ2) is 4.10. The van der Waals surface area contributed by atoms with Crippen molar-refractivity contribution in [3.05, 3.63) is 53.7 Å². The molecule has 0 N–H and O–H groups in total. The number of hydrogen-bond donors (Lipinski definition) is 0. The summed E-state index contributed by atoms with van der Waals surface area (Å²) in [6, 6.07) is 11.4. The molecule has 0 unspecified atom stereocenters. The molecule has 2 heterocycles. The molecule has 2 bridgehead atoms. The predicted molar refractivity (Wildman–Crippen MR) is 66.2 cm³/mol. The molecule has 0 saturated heterocycles. The number of ether oxygens (including phenoxy) is 1. The molecule has 5 heteroatoms. The van der Waals surface area contributed by atoms with Gasteiger partial charge in [-0.25, -0.2) is 13.4 Å². The van der Waals surface area contributed by atoms with Gasteiger partial charge in [-0.3, -0.25) is 0 Å². The number of fused-ring (bicyclic) bond motifs is 2. The third-order valence-corrected chi connectivity index (χ3v) is 4.23. The van der Waals surface area contributed by atoms with Crippen LogP contribution in [0.4, 0.5) is 0 Å². The fourth-order valence-electron chi connectivity index (χ4n) is 2.02. The van der Waals surface area contributed by atoms with Crippen molar-refractivity contribution in [2.75, 3.05) is 5.94 Å². The molecule has 1 aromatic carbocycles. The van der Waals surface area contributed by atoms with Crippen molar-refractivity contribution in [2.24, 2.45) is 0 Å². The van der Waals surface area contributed by atoms with E-state index in [1.54, 1.807) is 6.07 Å². The molecule has 18 heavy (non-hydrogen) atoms. The number of hydrogen-bond acceptors (Lipinski definition) is 4. The summed E-state index contributed by atoms with van der Waals surface area (Å²) in [6.07, 6.45) is 1.98. The van der Waals surface area contributed by atoms with Crippen molar-refractivity contribution in [3.8, 4) is 5.75 Å². The van der Waals surface area contributed by atoms with E-state index in [1.807, 2.05) is 30.3 Å².